The normalized spacial score (nSPS) is 10.7. The largest absolute Gasteiger partial charge is 0.0617 e. The molecule has 0 aliphatic rings. The number of rotatable bonds is 4. The highest BCUT2D eigenvalue weighted by molar-refractivity contribution is 5.35. The summed E-state index contributed by atoms with van der Waals surface area (Å²) in [5, 5.41) is 0. The molecule has 0 aliphatic carbocycles. The Balaban J connectivity index is 1.70. The number of hydrogen-bond acceptors (Lipinski definition) is 0. The van der Waals surface area contributed by atoms with Crippen molar-refractivity contribution in [2.75, 3.05) is 0 Å². The Labute approximate surface area is 139 Å². The van der Waals surface area contributed by atoms with E-state index in [-0.39, 0.29) is 0 Å². The van der Waals surface area contributed by atoms with Crippen LogP contribution in [0.15, 0.2) is 66.7 Å². The Bertz CT molecular complexity index is 795. The fraction of sp³-hybridized carbons (Fsp3) is 0.217. The Morgan fingerprint density at radius 2 is 1.09 bits per heavy atom. The molecule has 0 unspecified atom stereocenters. The summed E-state index contributed by atoms with van der Waals surface area (Å²) in [5.74, 6) is 0. The van der Waals surface area contributed by atoms with Crippen molar-refractivity contribution in [2.45, 2.75) is 33.6 Å². The lowest BCUT2D eigenvalue weighted by Crippen LogP contribution is -1.93. The van der Waals surface area contributed by atoms with Crippen LogP contribution in [0.5, 0.6) is 0 Å². The zero-order valence-corrected chi connectivity index (χ0v) is 14.3. The van der Waals surface area contributed by atoms with Crippen molar-refractivity contribution in [1.29, 1.82) is 0 Å². The maximum absolute atomic E-state index is 2.30. The number of aryl methyl sites for hydroxylation is 3. The molecule has 3 aromatic carbocycles. The summed E-state index contributed by atoms with van der Waals surface area (Å²) in [6.07, 6.45) is 2.01. The molecule has 3 rings (SSSR count). The molecule has 0 aliphatic heterocycles. The van der Waals surface area contributed by atoms with E-state index in [2.05, 4.69) is 87.5 Å². The van der Waals surface area contributed by atoms with Crippen LogP contribution in [-0.2, 0) is 12.8 Å². The van der Waals surface area contributed by atoms with E-state index in [0.717, 1.165) is 12.8 Å². The van der Waals surface area contributed by atoms with E-state index in [4.69, 9.17) is 0 Å². The van der Waals surface area contributed by atoms with Gasteiger partial charge in [0.15, 0.2) is 0 Å². The lowest BCUT2D eigenvalue weighted by Gasteiger charge is -2.07. The molecule has 0 aromatic heterocycles. The summed E-state index contributed by atoms with van der Waals surface area (Å²) >= 11 is 0. The highest BCUT2D eigenvalue weighted by Crippen LogP contribution is 2.16. The smallest absolute Gasteiger partial charge is 0.00257 e. The van der Waals surface area contributed by atoms with Gasteiger partial charge in [-0.3, -0.25) is 0 Å². The van der Waals surface area contributed by atoms with Crippen molar-refractivity contribution in [3.05, 3.63) is 106 Å². The van der Waals surface area contributed by atoms with E-state index in [1.807, 2.05) is 0 Å². The third kappa shape index (κ3) is 4.10. The van der Waals surface area contributed by atoms with Crippen molar-refractivity contribution < 1.29 is 0 Å². The second-order valence-corrected chi connectivity index (χ2v) is 6.58. The molecule has 0 nitrogen and oxygen atoms in total. The summed E-state index contributed by atoms with van der Waals surface area (Å²) < 4.78 is 0. The van der Waals surface area contributed by atoms with Crippen molar-refractivity contribution in [3.63, 3.8) is 0 Å². The standard InChI is InChI=1S/C23H24/c1-17-5-4-6-22(13-17)15-20-9-11-21(12-10-20)16-23-8-7-18(2)19(3)14-23/h4-14H,15-16H2,1-3H3. The van der Waals surface area contributed by atoms with Gasteiger partial charge in [-0.15, -0.1) is 0 Å². The lowest BCUT2D eigenvalue weighted by atomic mass is 9.98. The van der Waals surface area contributed by atoms with E-state index >= 15 is 0 Å². The molecule has 0 saturated carbocycles. The summed E-state index contributed by atoms with van der Waals surface area (Å²) in [6.45, 7) is 6.50. The molecule has 23 heavy (non-hydrogen) atoms. The lowest BCUT2D eigenvalue weighted by molar-refractivity contribution is 1.14. The highest BCUT2D eigenvalue weighted by Gasteiger charge is 2.01. The first-order valence-electron chi connectivity index (χ1n) is 8.29. The summed E-state index contributed by atoms with van der Waals surface area (Å²) in [4.78, 5) is 0. The second kappa shape index (κ2) is 6.83. The molecule has 0 heteroatoms. The molecular formula is C23H24. The zero-order chi connectivity index (χ0) is 16.2. The second-order valence-electron chi connectivity index (χ2n) is 6.58. The molecule has 0 amide bonds. The third-order valence-corrected chi connectivity index (χ3v) is 4.49. The maximum Gasteiger partial charge on any atom is -0.00257 e. The Morgan fingerprint density at radius 3 is 1.65 bits per heavy atom. The van der Waals surface area contributed by atoms with Crippen molar-refractivity contribution in [2.24, 2.45) is 0 Å². The van der Waals surface area contributed by atoms with Gasteiger partial charge in [0.05, 0.1) is 0 Å². The number of benzene rings is 3. The van der Waals surface area contributed by atoms with Gasteiger partial charge in [-0.2, -0.15) is 0 Å². The van der Waals surface area contributed by atoms with Gasteiger partial charge in [0, 0.05) is 0 Å². The summed E-state index contributed by atoms with van der Waals surface area (Å²) in [5.41, 5.74) is 9.59. The van der Waals surface area contributed by atoms with Crippen LogP contribution in [0.1, 0.15) is 38.9 Å². The first-order chi connectivity index (χ1) is 11.1. The highest BCUT2D eigenvalue weighted by atomic mass is 14.1. The molecular weight excluding hydrogens is 276 g/mol. The van der Waals surface area contributed by atoms with E-state index in [0.29, 0.717) is 0 Å². The van der Waals surface area contributed by atoms with Gasteiger partial charge in [-0.05, 0) is 67.0 Å². The molecule has 0 saturated heterocycles. The fourth-order valence-corrected chi connectivity index (χ4v) is 2.98. The minimum atomic E-state index is 1.01. The van der Waals surface area contributed by atoms with Gasteiger partial charge in [-0.25, -0.2) is 0 Å². The topological polar surface area (TPSA) is 0 Å². The maximum atomic E-state index is 2.30. The monoisotopic (exact) mass is 300 g/mol. The Kier molecular flexibility index (Phi) is 4.62. The SMILES string of the molecule is Cc1cccc(Cc2ccc(Cc3ccc(C)c(C)c3)cc2)c1. The van der Waals surface area contributed by atoms with Crippen LogP contribution in [0.4, 0.5) is 0 Å². The fourth-order valence-electron chi connectivity index (χ4n) is 2.98. The van der Waals surface area contributed by atoms with Gasteiger partial charge >= 0.3 is 0 Å². The molecule has 0 fully saturated rings. The van der Waals surface area contributed by atoms with Crippen LogP contribution in [0.25, 0.3) is 0 Å². The first kappa shape index (κ1) is 15.6. The van der Waals surface area contributed by atoms with Crippen LogP contribution in [0, 0.1) is 20.8 Å². The third-order valence-electron chi connectivity index (χ3n) is 4.49. The first-order valence-corrected chi connectivity index (χ1v) is 8.29. The predicted molar refractivity (Wildman–Crippen MR) is 99.1 cm³/mol. The minimum Gasteiger partial charge on any atom is -0.0617 e. The molecule has 3 aromatic rings. The minimum absolute atomic E-state index is 1.01. The molecule has 0 heterocycles. The molecule has 0 spiro atoms. The molecule has 116 valence electrons. The van der Waals surface area contributed by atoms with Crippen LogP contribution in [0.2, 0.25) is 0 Å². The van der Waals surface area contributed by atoms with E-state index in [1.165, 1.54) is 38.9 Å². The van der Waals surface area contributed by atoms with Crippen molar-refractivity contribution in [1.82, 2.24) is 0 Å². The molecule has 0 atom stereocenters. The molecule has 0 bridgehead atoms. The van der Waals surface area contributed by atoms with Gasteiger partial charge in [0.2, 0.25) is 0 Å². The van der Waals surface area contributed by atoms with Crippen LogP contribution in [-0.4, -0.2) is 0 Å². The van der Waals surface area contributed by atoms with Gasteiger partial charge < -0.3 is 0 Å². The van der Waals surface area contributed by atoms with Crippen LogP contribution in [0.3, 0.4) is 0 Å². The Morgan fingerprint density at radius 1 is 0.522 bits per heavy atom. The summed E-state index contributed by atoms with van der Waals surface area (Å²) in [7, 11) is 0. The Hall–Kier alpha value is -2.34. The van der Waals surface area contributed by atoms with Crippen molar-refractivity contribution in [3.8, 4) is 0 Å². The van der Waals surface area contributed by atoms with E-state index in [1.54, 1.807) is 0 Å². The predicted octanol–water partition coefficient (Wildman–Crippen LogP) is 5.79. The van der Waals surface area contributed by atoms with Gasteiger partial charge in [0.25, 0.3) is 0 Å². The van der Waals surface area contributed by atoms with Crippen LogP contribution >= 0.6 is 0 Å². The van der Waals surface area contributed by atoms with Crippen LogP contribution < -0.4 is 0 Å². The number of hydrogen-bond donors (Lipinski definition) is 0. The molecule has 0 radical (unpaired) electrons. The van der Waals surface area contributed by atoms with E-state index in [9.17, 15) is 0 Å². The average Bonchev–Trinajstić information content (AvgIpc) is 2.53. The summed E-state index contributed by atoms with van der Waals surface area (Å²) in [6, 6.07) is 24.6. The van der Waals surface area contributed by atoms with Gasteiger partial charge in [0.1, 0.15) is 0 Å². The molecule has 0 N–H and O–H groups in total. The van der Waals surface area contributed by atoms with Gasteiger partial charge in [-0.1, -0.05) is 72.3 Å². The average molecular weight is 300 g/mol. The quantitative estimate of drug-likeness (QED) is 0.572. The van der Waals surface area contributed by atoms with Crippen molar-refractivity contribution >= 4 is 0 Å². The van der Waals surface area contributed by atoms with E-state index < -0.39 is 0 Å². The zero-order valence-electron chi connectivity index (χ0n) is 14.3.